The smallest absolute Gasteiger partial charge is 0.375 e. The molecule has 7 nitrogen and oxygen atoms in total. The normalized spacial score (nSPS) is 9.72. The lowest BCUT2D eigenvalue weighted by Crippen LogP contribution is -2.14. The molecule has 0 atom stereocenters. The van der Waals surface area contributed by atoms with E-state index in [0.29, 0.717) is 0 Å². The van der Waals surface area contributed by atoms with Crippen molar-refractivity contribution in [1.29, 1.82) is 0 Å². The molecular weight excluding hydrogens is 244 g/mol. The molecular formula is C11H12O7. The van der Waals surface area contributed by atoms with Crippen LogP contribution in [0, 0.1) is 0 Å². The molecule has 18 heavy (non-hydrogen) atoms. The Bertz CT molecular complexity index is 472. The molecule has 0 spiro atoms. The third-order valence-electron chi connectivity index (χ3n) is 2.05. The van der Waals surface area contributed by atoms with E-state index in [-0.39, 0.29) is 23.5 Å². The summed E-state index contributed by atoms with van der Waals surface area (Å²) in [5.74, 6) is -2.93. The molecule has 0 fully saturated rings. The van der Waals surface area contributed by atoms with E-state index < -0.39 is 17.9 Å². The second-order valence-electron chi connectivity index (χ2n) is 3.06. The number of hydrogen-bond donors (Lipinski definition) is 0. The van der Waals surface area contributed by atoms with Crippen LogP contribution in [-0.2, 0) is 14.2 Å². The summed E-state index contributed by atoms with van der Waals surface area (Å²) in [5.41, 5.74) is -0.491. The molecule has 0 aromatic carbocycles. The van der Waals surface area contributed by atoms with E-state index in [2.05, 4.69) is 9.47 Å². The first kappa shape index (κ1) is 13.8. The third-order valence-corrected chi connectivity index (χ3v) is 2.05. The summed E-state index contributed by atoms with van der Waals surface area (Å²) in [6.45, 7) is 1.70. The molecule has 0 aliphatic rings. The monoisotopic (exact) mass is 256 g/mol. The van der Waals surface area contributed by atoms with Gasteiger partial charge in [0, 0.05) is 0 Å². The molecule has 98 valence electrons. The van der Waals surface area contributed by atoms with Gasteiger partial charge in [0.15, 0.2) is 0 Å². The number of furan rings is 1. The largest absolute Gasteiger partial charge is 0.465 e. The van der Waals surface area contributed by atoms with Crippen molar-refractivity contribution in [1.82, 2.24) is 0 Å². The molecule has 0 N–H and O–H groups in total. The van der Waals surface area contributed by atoms with Crippen molar-refractivity contribution in [2.45, 2.75) is 6.92 Å². The van der Waals surface area contributed by atoms with Crippen LogP contribution in [0.2, 0.25) is 0 Å². The molecule has 0 aliphatic carbocycles. The van der Waals surface area contributed by atoms with E-state index in [1.807, 2.05) is 0 Å². The SMILES string of the molecule is CCOC(=O)c1occ(C(=O)OC)c1C(=O)OC. The summed E-state index contributed by atoms with van der Waals surface area (Å²) >= 11 is 0. The molecule has 7 heteroatoms. The van der Waals surface area contributed by atoms with Gasteiger partial charge in [-0.1, -0.05) is 0 Å². The van der Waals surface area contributed by atoms with Gasteiger partial charge in [-0.15, -0.1) is 0 Å². The van der Waals surface area contributed by atoms with Gasteiger partial charge >= 0.3 is 17.9 Å². The minimum Gasteiger partial charge on any atom is -0.465 e. The summed E-state index contributed by atoms with van der Waals surface area (Å²) < 4.78 is 18.5. The maximum absolute atomic E-state index is 11.5. The van der Waals surface area contributed by atoms with Gasteiger partial charge in [0.1, 0.15) is 17.4 Å². The Hall–Kier alpha value is -2.31. The van der Waals surface area contributed by atoms with Crippen LogP contribution in [0.3, 0.4) is 0 Å². The third kappa shape index (κ3) is 2.50. The summed E-state index contributed by atoms with van der Waals surface area (Å²) in [6, 6.07) is 0. The van der Waals surface area contributed by atoms with Crippen molar-refractivity contribution in [3.05, 3.63) is 23.2 Å². The summed E-state index contributed by atoms with van der Waals surface area (Å²) in [6.07, 6.45) is 0.949. The first-order valence-corrected chi connectivity index (χ1v) is 5.02. The second-order valence-corrected chi connectivity index (χ2v) is 3.06. The van der Waals surface area contributed by atoms with Gasteiger partial charge in [-0.05, 0) is 6.92 Å². The van der Waals surface area contributed by atoms with E-state index in [1.165, 1.54) is 0 Å². The Morgan fingerprint density at radius 2 is 1.72 bits per heavy atom. The Morgan fingerprint density at radius 1 is 1.11 bits per heavy atom. The Labute approximate surface area is 103 Å². The predicted molar refractivity (Wildman–Crippen MR) is 57.3 cm³/mol. The average Bonchev–Trinajstić information content (AvgIpc) is 2.81. The molecule has 1 heterocycles. The number of carbonyl (C=O) groups is 3. The number of ether oxygens (including phenoxy) is 3. The number of hydrogen-bond acceptors (Lipinski definition) is 7. The quantitative estimate of drug-likeness (QED) is 0.586. The lowest BCUT2D eigenvalue weighted by molar-refractivity contribution is 0.0469. The minimum absolute atomic E-state index is 0.105. The zero-order valence-electron chi connectivity index (χ0n) is 10.1. The Kier molecular flexibility index (Phi) is 4.47. The molecule has 0 saturated carbocycles. The fraction of sp³-hybridized carbons (Fsp3) is 0.364. The van der Waals surface area contributed by atoms with Crippen LogP contribution >= 0.6 is 0 Å². The molecule has 1 rings (SSSR count). The number of esters is 3. The molecule has 1 aromatic rings. The Morgan fingerprint density at radius 3 is 2.22 bits per heavy atom. The summed E-state index contributed by atoms with van der Waals surface area (Å²) in [5, 5.41) is 0. The zero-order chi connectivity index (χ0) is 13.7. The van der Waals surface area contributed by atoms with Crippen LogP contribution in [-0.4, -0.2) is 38.7 Å². The van der Waals surface area contributed by atoms with E-state index in [9.17, 15) is 14.4 Å². The van der Waals surface area contributed by atoms with Crippen LogP contribution in [0.4, 0.5) is 0 Å². The summed E-state index contributed by atoms with van der Waals surface area (Å²) in [4.78, 5) is 34.5. The highest BCUT2D eigenvalue weighted by molar-refractivity contribution is 6.09. The van der Waals surface area contributed by atoms with Crippen LogP contribution in [0.25, 0.3) is 0 Å². The van der Waals surface area contributed by atoms with E-state index in [1.54, 1.807) is 6.92 Å². The standard InChI is InChI=1S/C11H12O7/c1-4-17-11(14)8-7(10(13)16-3)6(5-18-8)9(12)15-2/h5H,4H2,1-3H3. The van der Waals surface area contributed by atoms with Crippen LogP contribution in [0.15, 0.2) is 10.7 Å². The summed E-state index contributed by atoms with van der Waals surface area (Å²) in [7, 11) is 2.26. The molecule has 0 saturated heterocycles. The van der Waals surface area contributed by atoms with Gasteiger partial charge in [0.05, 0.1) is 20.8 Å². The van der Waals surface area contributed by atoms with E-state index in [0.717, 1.165) is 20.5 Å². The van der Waals surface area contributed by atoms with Gasteiger partial charge in [-0.3, -0.25) is 0 Å². The van der Waals surface area contributed by atoms with Crippen molar-refractivity contribution >= 4 is 17.9 Å². The van der Waals surface area contributed by atoms with Crippen molar-refractivity contribution < 1.29 is 33.0 Å². The van der Waals surface area contributed by atoms with Crippen LogP contribution < -0.4 is 0 Å². The maximum atomic E-state index is 11.5. The fourth-order valence-electron chi connectivity index (χ4n) is 1.27. The van der Waals surface area contributed by atoms with Crippen LogP contribution in [0.5, 0.6) is 0 Å². The van der Waals surface area contributed by atoms with Gasteiger partial charge in [0.25, 0.3) is 0 Å². The minimum atomic E-state index is -0.882. The van der Waals surface area contributed by atoms with Crippen molar-refractivity contribution in [3.8, 4) is 0 Å². The van der Waals surface area contributed by atoms with E-state index in [4.69, 9.17) is 9.15 Å². The molecule has 0 bridgehead atoms. The molecule has 0 aliphatic heterocycles. The highest BCUT2D eigenvalue weighted by Crippen LogP contribution is 2.20. The van der Waals surface area contributed by atoms with Crippen molar-refractivity contribution in [2.75, 3.05) is 20.8 Å². The molecule has 1 aromatic heterocycles. The second kappa shape index (κ2) is 5.85. The van der Waals surface area contributed by atoms with Gasteiger partial charge in [-0.25, -0.2) is 14.4 Å². The average molecular weight is 256 g/mol. The molecule has 0 unspecified atom stereocenters. The number of rotatable bonds is 4. The highest BCUT2D eigenvalue weighted by Gasteiger charge is 2.30. The first-order valence-electron chi connectivity index (χ1n) is 5.02. The van der Waals surface area contributed by atoms with Crippen molar-refractivity contribution in [3.63, 3.8) is 0 Å². The lowest BCUT2D eigenvalue weighted by atomic mass is 10.1. The lowest BCUT2D eigenvalue weighted by Gasteiger charge is -2.02. The fourth-order valence-corrected chi connectivity index (χ4v) is 1.27. The molecule has 0 radical (unpaired) electrons. The van der Waals surface area contributed by atoms with Crippen LogP contribution in [0.1, 0.15) is 38.2 Å². The number of carbonyl (C=O) groups excluding carboxylic acids is 3. The zero-order valence-corrected chi connectivity index (χ0v) is 10.1. The predicted octanol–water partition coefficient (Wildman–Crippen LogP) is 1.03. The van der Waals surface area contributed by atoms with Gasteiger partial charge < -0.3 is 18.6 Å². The maximum Gasteiger partial charge on any atom is 0.375 e. The Balaban J connectivity index is 3.28. The van der Waals surface area contributed by atoms with E-state index >= 15 is 0 Å². The van der Waals surface area contributed by atoms with Gasteiger partial charge in [0.2, 0.25) is 5.76 Å². The first-order chi connectivity index (χ1) is 8.56. The van der Waals surface area contributed by atoms with Gasteiger partial charge in [-0.2, -0.15) is 0 Å². The molecule has 0 amide bonds. The highest BCUT2D eigenvalue weighted by atomic mass is 16.5. The van der Waals surface area contributed by atoms with Crippen molar-refractivity contribution in [2.24, 2.45) is 0 Å². The topological polar surface area (TPSA) is 92.0 Å². The number of methoxy groups -OCH3 is 2.